The van der Waals surface area contributed by atoms with Crippen LogP contribution in [0, 0.1) is 12.8 Å². The third-order valence-corrected chi connectivity index (χ3v) is 5.25. The van der Waals surface area contributed by atoms with Crippen LogP contribution in [-0.4, -0.2) is 23.5 Å². The van der Waals surface area contributed by atoms with Crippen LogP contribution in [0.3, 0.4) is 0 Å². The summed E-state index contributed by atoms with van der Waals surface area (Å²) >= 11 is 8.66. The van der Waals surface area contributed by atoms with E-state index in [0.717, 1.165) is 24.1 Å². The molecule has 0 aliphatic heterocycles. The van der Waals surface area contributed by atoms with Crippen molar-refractivity contribution in [2.45, 2.75) is 26.7 Å². The molecule has 2 aromatic rings. The first kappa shape index (κ1) is 21.3. The Morgan fingerprint density at radius 1 is 1.17 bits per heavy atom. The van der Waals surface area contributed by atoms with Crippen LogP contribution in [0.2, 0.25) is 0 Å². The van der Waals surface area contributed by atoms with Crippen LogP contribution < -0.4 is 20.7 Å². The molecule has 0 heterocycles. The zero-order valence-corrected chi connectivity index (χ0v) is 18.6. The van der Waals surface area contributed by atoms with Crippen LogP contribution in [0.1, 0.15) is 35.7 Å². The molecule has 1 aliphatic rings. The standard InChI is InChI=1S/C21H22BrN3O3S/c1-3-28-18-9-7-14(10-16(18)22)20(27)25-21(29)23-15-8-4-12(2)17(11-15)24-19(26)13-5-6-13/h4,7-11,13H,3,5-6H2,1-2H3,(H,24,26)(H2,23,25,27,29). The van der Waals surface area contributed by atoms with Gasteiger partial charge < -0.3 is 15.4 Å². The Morgan fingerprint density at radius 3 is 2.59 bits per heavy atom. The van der Waals surface area contributed by atoms with E-state index >= 15 is 0 Å². The molecule has 2 aromatic carbocycles. The number of nitrogens with one attached hydrogen (secondary N) is 3. The fourth-order valence-electron chi connectivity index (χ4n) is 2.67. The maximum absolute atomic E-state index is 12.5. The van der Waals surface area contributed by atoms with Crippen LogP contribution in [0.25, 0.3) is 0 Å². The number of halogens is 1. The highest BCUT2D eigenvalue weighted by Crippen LogP contribution is 2.31. The van der Waals surface area contributed by atoms with Gasteiger partial charge in [-0.15, -0.1) is 0 Å². The van der Waals surface area contributed by atoms with Gasteiger partial charge >= 0.3 is 0 Å². The average molecular weight is 476 g/mol. The fourth-order valence-corrected chi connectivity index (χ4v) is 3.37. The van der Waals surface area contributed by atoms with Gasteiger partial charge in [0.05, 0.1) is 11.1 Å². The van der Waals surface area contributed by atoms with Crippen LogP contribution >= 0.6 is 28.1 Å². The molecule has 0 saturated heterocycles. The van der Waals surface area contributed by atoms with Gasteiger partial charge in [-0.3, -0.25) is 14.9 Å². The van der Waals surface area contributed by atoms with Crippen LogP contribution in [0.5, 0.6) is 5.75 Å². The summed E-state index contributed by atoms with van der Waals surface area (Å²) in [5.74, 6) is 0.507. The van der Waals surface area contributed by atoms with Crippen molar-refractivity contribution in [2.75, 3.05) is 17.2 Å². The largest absolute Gasteiger partial charge is 0.493 e. The first-order chi connectivity index (χ1) is 13.9. The molecule has 29 heavy (non-hydrogen) atoms. The molecule has 1 fully saturated rings. The van der Waals surface area contributed by atoms with E-state index in [1.807, 2.05) is 32.0 Å². The molecule has 0 spiro atoms. The van der Waals surface area contributed by atoms with Crippen molar-refractivity contribution in [1.82, 2.24) is 5.32 Å². The van der Waals surface area contributed by atoms with Crippen molar-refractivity contribution in [3.05, 3.63) is 52.0 Å². The second kappa shape index (κ2) is 9.37. The Balaban J connectivity index is 1.62. The van der Waals surface area contributed by atoms with Crippen molar-refractivity contribution in [3.63, 3.8) is 0 Å². The average Bonchev–Trinajstić information content (AvgIpc) is 3.51. The molecule has 6 nitrogen and oxygen atoms in total. The van der Waals surface area contributed by atoms with Gasteiger partial charge in [-0.1, -0.05) is 6.07 Å². The number of benzene rings is 2. The molecular formula is C21H22BrN3O3S. The zero-order chi connectivity index (χ0) is 21.0. The highest BCUT2D eigenvalue weighted by molar-refractivity contribution is 9.10. The molecule has 152 valence electrons. The number of hydrogen-bond acceptors (Lipinski definition) is 4. The van der Waals surface area contributed by atoms with Gasteiger partial charge in [0.25, 0.3) is 5.91 Å². The molecule has 1 saturated carbocycles. The van der Waals surface area contributed by atoms with Crippen molar-refractivity contribution in [3.8, 4) is 5.75 Å². The number of carbonyl (C=O) groups is 2. The molecule has 0 unspecified atom stereocenters. The first-order valence-corrected chi connectivity index (χ1v) is 10.5. The van der Waals surface area contributed by atoms with Gasteiger partial charge in [-0.25, -0.2) is 0 Å². The van der Waals surface area contributed by atoms with Gasteiger partial charge in [0, 0.05) is 22.9 Å². The van der Waals surface area contributed by atoms with E-state index in [1.165, 1.54) is 0 Å². The normalized spacial score (nSPS) is 12.8. The van der Waals surface area contributed by atoms with Crippen LogP contribution in [-0.2, 0) is 4.79 Å². The Bertz CT molecular complexity index is 960. The molecule has 0 bridgehead atoms. The second-order valence-corrected chi connectivity index (χ2v) is 8.04. The number of rotatable bonds is 6. The Kier molecular flexibility index (Phi) is 6.87. The van der Waals surface area contributed by atoms with E-state index in [0.29, 0.717) is 28.1 Å². The minimum Gasteiger partial charge on any atom is -0.493 e. The molecule has 3 N–H and O–H groups in total. The third-order valence-electron chi connectivity index (χ3n) is 4.42. The number of carbonyl (C=O) groups excluding carboxylic acids is 2. The van der Waals surface area contributed by atoms with Crippen molar-refractivity contribution < 1.29 is 14.3 Å². The van der Waals surface area contributed by atoms with Gasteiger partial charge in [-0.05, 0) is 90.7 Å². The van der Waals surface area contributed by atoms with Crippen molar-refractivity contribution in [1.29, 1.82) is 0 Å². The lowest BCUT2D eigenvalue weighted by Gasteiger charge is -2.13. The van der Waals surface area contributed by atoms with Gasteiger partial charge in [0.1, 0.15) is 5.75 Å². The summed E-state index contributed by atoms with van der Waals surface area (Å²) < 4.78 is 6.15. The zero-order valence-electron chi connectivity index (χ0n) is 16.2. The molecule has 3 rings (SSSR count). The minimum atomic E-state index is -0.333. The number of hydrogen-bond donors (Lipinski definition) is 3. The Morgan fingerprint density at radius 2 is 1.93 bits per heavy atom. The summed E-state index contributed by atoms with van der Waals surface area (Å²) in [4.78, 5) is 24.5. The van der Waals surface area contributed by atoms with Crippen LogP contribution in [0.15, 0.2) is 40.9 Å². The Labute approximate surface area is 183 Å². The molecule has 0 radical (unpaired) electrons. The van der Waals surface area contributed by atoms with Gasteiger partial charge in [-0.2, -0.15) is 0 Å². The predicted molar refractivity (Wildman–Crippen MR) is 122 cm³/mol. The molecule has 2 amide bonds. The lowest BCUT2D eigenvalue weighted by Crippen LogP contribution is -2.34. The predicted octanol–water partition coefficient (Wildman–Crippen LogP) is 4.63. The monoisotopic (exact) mass is 475 g/mol. The van der Waals surface area contributed by atoms with Crippen molar-refractivity contribution >= 4 is 56.4 Å². The van der Waals surface area contributed by atoms with E-state index in [-0.39, 0.29) is 22.8 Å². The van der Waals surface area contributed by atoms with E-state index in [4.69, 9.17) is 17.0 Å². The third kappa shape index (κ3) is 5.77. The fraction of sp³-hybridized carbons (Fsp3) is 0.286. The summed E-state index contributed by atoms with van der Waals surface area (Å²) in [6.45, 7) is 4.36. The van der Waals surface area contributed by atoms with Gasteiger partial charge in [0.15, 0.2) is 5.11 Å². The summed E-state index contributed by atoms with van der Waals surface area (Å²) in [5, 5.41) is 8.76. The lowest BCUT2D eigenvalue weighted by molar-refractivity contribution is -0.117. The highest BCUT2D eigenvalue weighted by Gasteiger charge is 2.29. The molecule has 8 heteroatoms. The van der Waals surface area contributed by atoms with Crippen molar-refractivity contribution in [2.24, 2.45) is 5.92 Å². The van der Waals surface area contributed by atoms with E-state index in [1.54, 1.807) is 18.2 Å². The second-order valence-electron chi connectivity index (χ2n) is 6.78. The Hall–Kier alpha value is -2.45. The summed E-state index contributed by atoms with van der Waals surface area (Å²) in [6, 6.07) is 10.6. The smallest absolute Gasteiger partial charge is 0.257 e. The van der Waals surface area contributed by atoms with E-state index in [2.05, 4.69) is 31.9 Å². The summed E-state index contributed by atoms with van der Waals surface area (Å²) in [7, 11) is 0. The number of ether oxygens (including phenoxy) is 1. The quantitative estimate of drug-likeness (QED) is 0.530. The summed E-state index contributed by atoms with van der Waals surface area (Å²) in [5.41, 5.74) is 2.82. The SMILES string of the molecule is CCOc1ccc(C(=O)NC(=S)Nc2ccc(C)c(NC(=O)C3CC3)c2)cc1Br. The summed E-state index contributed by atoms with van der Waals surface area (Å²) in [6.07, 6.45) is 1.89. The first-order valence-electron chi connectivity index (χ1n) is 9.33. The number of anilines is 2. The molecule has 0 atom stereocenters. The molecule has 0 aromatic heterocycles. The van der Waals surface area contributed by atoms with E-state index < -0.39 is 0 Å². The van der Waals surface area contributed by atoms with Gasteiger partial charge in [0.2, 0.25) is 5.91 Å². The lowest BCUT2D eigenvalue weighted by atomic mass is 10.1. The highest BCUT2D eigenvalue weighted by atomic mass is 79.9. The number of amides is 2. The molecule has 1 aliphatic carbocycles. The topological polar surface area (TPSA) is 79.5 Å². The maximum atomic E-state index is 12.5. The number of aryl methyl sites for hydroxylation is 1. The minimum absolute atomic E-state index is 0.0437. The maximum Gasteiger partial charge on any atom is 0.257 e. The van der Waals surface area contributed by atoms with E-state index in [9.17, 15) is 9.59 Å². The molecular weight excluding hydrogens is 454 g/mol. The number of thiocarbonyl (C=S) groups is 1. The van der Waals surface area contributed by atoms with Crippen LogP contribution in [0.4, 0.5) is 11.4 Å².